The maximum Gasteiger partial charge on any atom is 0.240 e. The Morgan fingerprint density at radius 2 is 1.91 bits per heavy atom. The van der Waals surface area contributed by atoms with Gasteiger partial charge >= 0.3 is 0 Å². The maximum absolute atomic E-state index is 12.0. The van der Waals surface area contributed by atoms with Crippen LogP contribution in [0.3, 0.4) is 0 Å². The van der Waals surface area contributed by atoms with Crippen LogP contribution in [0.25, 0.3) is 0 Å². The number of nitrogens with two attached hydrogens (primary N) is 1. The number of nitrogens with one attached hydrogen (secondary N) is 2. The van der Waals surface area contributed by atoms with Crippen molar-refractivity contribution < 1.29 is 13.2 Å². The Hall–Kier alpha value is -0.670. The maximum atomic E-state index is 12.0. The fraction of sp³-hybridized carbons (Fsp3) is 0.500. The van der Waals surface area contributed by atoms with E-state index in [0.717, 1.165) is 17.3 Å². The molecule has 2 rings (SSSR count). The van der Waals surface area contributed by atoms with Crippen molar-refractivity contribution in [2.45, 2.75) is 30.2 Å². The average Bonchev–Trinajstić information content (AvgIpc) is 3.29. The lowest BCUT2D eigenvalue weighted by Crippen LogP contribution is -2.42. The van der Waals surface area contributed by atoms with Gasteiger partial charge in [0.2, 0.25) is 15.9 Å². The third kappa shape index (κ3) is 6.39. The molecule has 4 N–H and O–H groups in total. The largest absolute Gasteiger partial charge is 0.352 e. The fourth-order valence-corrected chi connectivity index (χ4v) is 3.44. The first-order chi connectivity index (χ1) is 10.4. The molecule has 1 aromatic rings. The first kappa shape index (κ1) is 20.4. The molecule has 1 unspecified atom stereocenters. The molecule has 0 radical (unpaired) electrons. The van der Waals surface area contributed by atoms with Crippen LogP contribution in [-0.2, 0) is 14.8 Å². The highest BCUT2D eigenvalue weighted by molar-refractivity contribution is 9.10. The van der Waals surface area contributed by atoms with Gasteiger partial charge in [-0.15, -0.1) is 12.4 Å². The molecule has 0 aliphatic heterocycles. The quantitative estimate of drug-likeness (QED) is 0.584. The molecule has 1 aromatic carbocycles. The van der Waals surface area contributed by atoms with Gasteiger partial charge in [-0.3, -0.25) is 4.79 Å². The van der Waals surface area contributed by atoms with Gasteiger partial charge in [0, 0.05) is 30.0 Å². The molecule has 0 saturated heterocycles. The van der Waals surface area contributed by atoms with E-state index in [-0.39, 0.29) is 42.2 Å². The molecule has 1 atom stereocenters. The number of benzene rings is 1. The number of hydrogen-bond acceptors (Lipinski definition) is 4. The van der Waals surface area contributed by atoms with E-state index in [1.165, 1.54) is 12.1 Å². The van der Waals surface area contributed by atoms with Crippen molar-refractivity contribution in [3.05, 3.63) is 28.7 Å². The van der Waals surface area contributed by atoms with E-state index < -0.39 is 10.0 Å². The third-order valence-corrected chi connectivity index (χ3v) is 5.57. The van der Waals surface area contributed by atoms with Gasteiger partial charge in [-0.1, -0.05) is 15.9 Å². The zero-order valence-corrected chi connectivity index (χ0v) is 15.7. The zero-order chi connectivity index (χ0) is 16.2. The second-order valence-electron chi connectivity index (χ2n) is 5.35. The zero-order valence-electron chi connectivity index (χ0n) is 12.5. The second-order valence-corrected chi connectivity index (χ2v) is 8.03. The van der Waals surface area contributed by atoms with Gasteiger partial charge in [-0.05, 0) is 43.0 Å². The minimum Gasteiger partial charge on any atom is -0.352 e. The highest BCUT2D eigenvalue weighted by Gasteiger charge is 2.31. The highest BCUT2D eigenvalue weighted by atomic mass is 79.9. The third-order valence-electron chi connectivity index (χ3n) is 3.56. The molecule has 0 spiro atoms. The Labute approximate surface area is 151 Å². The van der Waals surface area contributed by atoms with E-state index in [1.54, 1.807) is 12.1 Å². The molecule has 1 fully saturated rings. The molecule has 0 heterocycles. The molecule has 1 aliphatic carbocycles. The van der Waals surface area contributed by atoms with Gasteiger partial charge in [0.05, 0.1) is 4.90 Å². The van der Waals surface area contributed by atoms with Crippen molar-refractivity contribution in [2.75, 3.05) is 13.1 Å². The summed E-state index contributed by atoms with van der Waals surface area (Å²) in [6.45, 7) is 0.479. The SMILES string of the molecule is Cl.NCC(NC(=O)CCNS(=O)(=O)c1ccc(Br)cc1)C1CC1. The molecule has 0 bridgehead atoms. The lowest BCUT2D eigenvalue weighted by atomic mass is 10.2. The number of halogens is 2. The summed E-state index contributed by atoms with van der Waals surface area (Å²) in [5.41, 5.74) is 5.62. The van der Waals surface area contributed by atoms with Gasteiger partial charge in [-0.2, -0.15) is 0 Å². The number of sulfonamides is 1. The smallest absolute Gasteiger partial charge is 0.240 e. The number of amides is 1. The lowest BCUT2D eigenvalue weighted by molar-refractivity contribution is -0.121. The van der Waals surface area contributed by atoms with Gasteiger partial charge < -0.3 is 11.1 Å². The van der Waals surface area contributed by atoms with E-state index >= 15 is 0 Å². The number of carbonyl (C=O) groups excluding carboxylic acids is 1. The van der Waals surface area contributed by atoms with Crippen molar-refractivity contribution in [2.24, 2.45) is 11.7 Å². The molecule has 1 saturated carbocycles. The second kappa shape index (κ2) is 8.98. The first-order valence-electron chi connectivity index (χ1n) is 7.17. The van der Waals surface area contributed by atoms with E-state index in [0.29, 0.717) is 12.5 Å². The van der Waals surface area contributed by atoms with Crippen LogP contribution in [0, 0.1) is 5.92 Å². The first-order valence-corrected chi connectivity index (χ1v) is 9.44. The van der Waals surface area contributed by atoms with Crippen molar-refractivity contribution >= 4 is 44.3 Å². The van der Waals surface area contributed by atoms with E-state index in [4.69, 9.17) is 5.73 Å². The van der Waals surface area contributed by atoms with Crippen LogP contribution in [-0.4, -0.2) is 33.5 Å². The van der Waals surface area contributed by atoms with E-state index in [2.05, 4.69) is 26.0 Å². The van der Waals surface area contributed by atoms with Crippen LogP contribution in [0.5, 0.6) is 0 Å². The Bertz CT molecular complexity index is 621. The lowest BCUT2D eigenvalue weighted by Gasteiger charge is -2.16. The normalized spacial score (nSPS) is 15.6. The molecular weight excluding hydrogens is 406 g/mol. The predicted octanol–water partition coefficient (Wildman–Crippen LogP) is 1.39. The van der Waals surface area contributed by atoms with Crippen LogP contribution in [0.1, 0.15) is 19.3 Å². The summed E-state index contributed by atoms with van der Waals surface area (Å²) in [5, 5.41) is 2.86. The summed E-state index contributed by atoms with van der Waals surface area (Å²) < 4.78 is 27.3. The van der Waals surface area contributed by atoms with Crippen LogP contribution in [0.2, 0.25) is 0 Å². The van der Waals surface area contributed by atoms with Crippen LogP contribution < -0.4 is 15.8 Å². The summed E-state index contributed by atoms with van der Waals surface area (Å²) >= 11 is 3.25. The Balaban J connectivity index is 0.00000264. The standard InChI is InChI=1S/C14H20BrN3O3S.ClH/c15-11-3-5-12(6-4-11)22(20,21)17-8-7-14(19)18-13(9-16)10-1-2-10;/h3-6,10,13,17H,1-2,7-9,16H2,(H,18,19);1H. The van der Waals surface area contributed by atoms with Crippen molar-refractivity contribution in [1.82, 2.24) is 10.0 Å². The topological polar surface area (TPSA) is 101 Å². The minimum atomic E-state index is -3.59. The molecule has 130 valence electrons. The van der Waals surface area contributed by atoms with Gasteiger partial charge in [0.1, 0.15) is 0 Å². The van der Waals surface area contributed by atoms with Crippen molar-refractivity contribution in [1.29, 1.82) is 0 Å². The molecule has 1 amide bonds. The van der Waals surface area contributed by atoms with Crippen LogP contribution in [0.15, 0.2) is 33.6 Å². The van der Waals surface area contributed by atoms with Crippen LogP contribution in [0.4, 0.5) is 0 Å². The average molecular weight is 427 g/mol. The van der Waals surface area contributed by atoms with E-state index in [9.17, 15) is 13.2 Å². The number of rotatable bonds is 8. The van der Waals surface area contributed by atoms with E-state index in [1.807, 2.05) is 0 Å². The highest BCUT2D eigenvalue weighted by Crippen LogP contribution is 2.32. The summed E-state index contributed by atoms with van der Waals surface area (Å²) in [7, 11) is -3.59. The Kier molecular flexibility index (Phi) is 7.96. The summed E-state index contributed by atoms with van der Waals surface area (Å²) in [6.07, 6.45) is 2.29. The van der Waals surface area contributed by atoms with Gasteiger partial charge in [0.15, 0.2) is 0 Å². The molecule has 23 heavy (non-hydrogen) atoms. The summed E-state index contributed by atoms with van der Waals surface area (Å²) in [5.74, 6) is 0.300. The van der Waals surface area contributed by atoms with Gasteiger partial charge in [0.25, 0.3) is 0 Å². The Morgan fingerprint density at radius 3 is 2.43 bits per heavy atom. The number of carbonyl (C=O) groups is 1. The summed E-state index contributed by atoms with van der Waals surface area (Å²) in [6, 6.07) is 6.33. The predicted molar refractivity (Wildman–Crippen MR) is 94.9 cm³/mol. The molecule has 9 heteroatoms. The minimum absolute atomic E-state index is 0. The molecule has 0 aromatic heterocycles. The van der Waals surface area contributed by atoms with Crippen molar-refractivity contribution in [3.8, 4) is 0 Å². The summed E-state index contributed by atoms with van der Waals surface area (Å²) in [4.78, 5) is 12.0. The van der Waals surface area contributed by atoms with Crippen LogP contribution >= 0.6 is 28.3 Å². The fourth-order valence-electron chi connectivity index (χ4n) is 2.14. The Morgan fingerprint density at radius 1 is 1.30 bits per heavy atom. The van der Waals surface area contributed by atoms with Gasteiger partial charge in [-0.25, -0.2) is 13.1 Å². The molecule has 1 aliphatic rings. The molecule has 6 nitrogen and oxygen atoms in total. The monoisotopic (exact) mass is 425 g/mol. The molecular formula is C14H21BrClN3O3S. The number of hydrogen-bond donors (Lipinski definition) is 3. The van der Waals surface area contributed by atoms with Crippen molar-refractivity contribution in [3.63, 3.8) is 0 Å².